The Hall–Kier alpha value is -2.56. The number of allylic oxidation sites excluding steroid dienone is 4. The van der Waals surface area contributed by atoms with Crippen LogP contribution in [0.1, 0.15) is 65.0 Å². The summed E-state index contributed by atoms with van der Waals surface area (Å²) in [5.74, 6) is -0.568. The Morgan fingerprint density at radius 3 is 2.40 bits per heavy atom. The van der Waals surface area contributed by atoms with Crippen LogP contribution in [-0.4, -0.2) is 30.3 Å². The molecule has 1 unspecified atom stereocenters. The summed E-state index contributed by atoms with van der Waals surface area (Å²) in [5, 5.41) is 2.94. The molecular formula is C25H35NO4. The van der Waals surface area contributed by atoms with Gasteiger partial charge in [0, 0.05) is 6.04 Å². The van der Waals surface area contributed by atoms with Crippen molar-refractivity contribution in [3.8, 4) is 0 Å². The number of nitrogens with one attached hydrogen (secondary N) is 1. The number of esters is 1. The number of amides is 1. The highest BCUT2D eigenvalue weighted by atomic mass is 16.6. The van der Waals surface area contributed by atoms with Crippen LogP contribution in [0.3, 0.4) is 0 Å². The first-order valence-corrected chi connectivity index (χ1v) is 10.8. The summed E-state index contributed by atoms with van der Waals surface area (Å²) in [4.78, 5) is 24.4. The molecule has 0 heterocycles. The summed E-state index contributed by atoms with van der Waals surface area (Å²) in [6.07, 6.45) is 9.39. The predicted octanol–water partition coefficient (Wildman–Crippen LogP) is 5.45. The van der Waals surface area contributed by atoms with Crippen LogP contribution in [0, 0.1) is 5.92 Å². The lowest BCUT2D eigenvalue weighted by molar-refractivity contribution is -0.147. The molecule has 30 heavy (non-hydrogen) atoms. The molecule has 1 aromatic carbocycles. The van der Waals surface area contributed by atoms with Gasteiger partial charge in [-0.25, -0.2) is 4.79 Å². The molecule has 0 bridgehead atoms. The molecule has 0 spiro atoms. The second kappa shape index (κ2) is 11.0. The Bertz CT molecular complexity index is 771. The smallest absolute Gasteiger partial charge is 0.407 e. The Morgan fingerprint density at radius 2 is 1.83 bits per heavy atom. The Balaban J connectivity index is 2.08. The highest BCUT2D eigenvalue weighted by Crippen LogP contribution is 2.22. The predicted molar refractivity (Wildman–Crippen MR) is 120 cm³/mol. The SMILES string of the molecule is CCOC(=O)[C@@H](C)CC(Cc1ccc(C2=CCCC=C2)cc1)NC(=O)OC(C)(C)C. The maximum absolute atomic E-state index is 12.3. The van der Waals surface area contributed by atoms with Crippen LogP contribution in [0.25, 0.3) is 5.57 Å². The van der Waals surface area contributed by atoms with Gasteiger partial charge in [-0.3, -0.25) is 4.79 Å². The average Bonchev–Trinajstić information content (AvgIpc) is 2.68. The minimum Gasteiger partial charge on any atom is -0.466 e. The van der Waals surface area contributed by atoms with Crippen LogP contribution < -0.4 is 5.32 Å². The van der Waals surface area contributed by atoms with E-state index in [4.69, 9.17) is 9.47 Å². The third-order valence-corrected chi connectivity index (χ3v) is 4.81. The Kier molecular flexibility index (Phi) is 8.70. The zero-order valence-electron chi connectivity index (χ0n) is 18.9. The maximum Gasteiger partial charge on any atom is 0.407 e. The number of alkyl carbamates (subject to hydrolysis) is 1. The van der Waals surface area contributed by atoms with Crippen molar-refractivity contribution in [2.24, 2.45) is 5.92 Å². The molecule has 5 heteroatoms. The van der Waals surface area contributed by atoms with E-state index in [1.807, 2.05) is 27.7 Å². The van der Waals surface area contributed by atoms with Gasteiger partial charge in [0.1, 0.15) is 5.60 Å². The van der Waals surface area contributed by atoms with Gasteiger partial charge in [0.05, 0.1) is 12.5 Å². The first kappa shape index (κ1) is 23.7. The molecule has 1 amide bonds. The molecule has 0 aliphatic heterocycles. The van der Waals surface area contributed by atoms with Gasteiger partial charge >= 0.3 is 12.1 Å². The van der Waals surface area contributed by atoms with Gasteiger partial charge in [0.15, 0.2) is 0 Å². The van der Waals surface area contributed by atoms with Gasteiger partial charge in [-0.1, -0.05) is 49.4 Å². The van der Waals surface area contributed by atoms with E-state index < -0.39 is 11.7 Å². The summed E-state index contributed by atoms with van der Waals surface area (Å²) in [7, 11) is 0. The summed E-state index contributed by atoms with van der Waals surface area (Å²) in [6.45, 7) is 9.45. The van der Waals surface area contributed by atoms with Crippen LogP contribution >= 0.6 is 0 Å². The highest BCUT2D eigenvalue weighted by molar-refractivity contribution is 5.75. The van der Waals surface area contributed by atoms with E-state index in [-0.39, 0.29) is 17.9 Å². The summed E-state index contributed by atoms with van der Waals surface area (Å²) < 4.78 is 10.5. The molecule has 0 saturated heterocycles. The lowest BCUT2D eigenvalue weighted by atomic mass is 9.94. The molecule has 0 radical (unpaired) electrons. The Labute approximate surface area is 180 Å². The average molecular weight is 414 g/mol. The zero-order valence-corrected chi connectivity index (χ0v) is 18.9. The molecule has 2 atom stereocenters. The van der Waals surface area contributed by atoms with Gasteiger partial charge in [-0.15, -0.1) is 0 Å². The first-order valence-electron chi connectivity index (χ1n) is 10.8. The molecule has 1 aromatic rings. The summed E-state index contributed by atoms with van der Waals surface area (Å²) >= 11 is 0. The summed E-state index contributed by atoms with van der Waals surface area (Å²) in [5.41, 5.74) is 2.94. The van der Waals surface area contributed by atoms with E-state index >= 15 is 0 Å². The largest absolute Gasteiger partial charge is 0.466 e. The second-order valence-corrected chi connectivity index (χ2v) is 8.77. The highest BCUT2D eigenvalue weighted by Gasteiger charge is 2.24. The van der Waals surface area contributed by atoms with Crippen molar-refractivity contribution in [2.45, 2.75) is 71.9 Å². The van der Waals surface area contributed by atoms with Crippen LogP contribution in [-0.2, 0) is 20.7 Å². The van der Waals surface area contributed by atoms with E-state index in [0.29, 0.717) is 19.4 Å². The van der Waals surface area contributed by atoms with Gasteiger partial charge in [-0.05, 0) is 70.1 Å². The molecular weight excluding hydrogens is 378 g/mol. The van der Waals surface area contributed by atoms with Gasteiger partial charge < -0.3 is 14.8 Å². The molecule has 0 saturated carbocycles. The quantitative estimate of drug-likeness (QED) is 0.576. The standard InChI is InChI=1S/C25H35NO4/c1-6-29-23(27)18(2)16-22(26-24(28)30-25(3,4)5)17-19-12-14-21(15-13-19)20-10-8-7-9-11-20/h8,10-15,18,22H,6-7,9,16-17H2,1-5H3,(H,26,28)/t18-,22?/m0/s1. The van der Waals surface area contributed by atoms with E-state index in [1.165, 1.54) is 11.1 Å². The lowest BCUT2D eigenvalue weighted by Gasteiger charge is -2.25. The first-order chi connectivity index (χ1) is 14.2. The third kappa shape index (κ3) is 8.05. The molecule has 1 aliphatic rings. The minimum atomic E-state index is -0.579. The number of hydrogen-bond donors (Lipinski definition) is 1. The lowest BCUT2D eigenvalue weighted by Crippen LogP contribution is -2.41. The fourth-order valence-corrected chi connectivity index (χ4v) is 3.42. The van der Waals surface area contributed by atoms with Crippen LogP contribution in [0.2, 0.25) is 0 Å². The van der Waals surface area contributed by atoms with Crippen molar-refractivity contribution in [3.05, 3.63) is 53.6 Å². The van der Waals surface area contributed by atoms with E-state index in [0.717, 1.165) is 18.4 Å². The van der Waals surface area contributed by atoms with E-state index in [2.05, 4.69) is 47.8 Å². The normalized spacial score (nSPS) is 15.7. The number of carbonyl (C=O) groups excluding carboxylic acids is 2. The van der Waals surface area contributed by atoms with Crippen LogP contribution in [0.5, 0.6) is 0 Å². The maximum atomic E-state index is 12.3. The van der Waals surface area contributed by atoms with E-state index in [9.17, 15) is 9.59 Å². The van der Waals surface area contributed by atoms with E-state index in [1.54, 1.807) is 6.92 Å². The molecule has 5 nitrogen and oxygen atoms in total. The molecule has 0 fully saturated rings. The minimum absolute atomic E-state index is 0.237. The van der Waals surface area contributed by atoms with Crippen molar-refractivity contribution in [1.29, 1.82) is 0 Å². The summed E-state index contributed by atoms with van der Waals surface area (Å²) in [6, 6.07) is 8.14. The van der Waals surface area contributed by atoms with Gasteiger partial charge in [-0.2, -0.15) is 0 Å². The third-order valence-electron chi connectivity index (χ3n) is 4.81. The second-order valence-electron chi connectivity index (χ2n) is 8.77. The number of benzene rings is 1. The van der Waals surface area contributed by atoms with Crippen LogP contribution in [0.15, 0.2) is 42.5 Å². The number of ether oxygens (including phenoxy) is 2. The van der Waals surface area contributed by atoms with Crippen molar-refractivity contribution < 1.29 is 19.1 Å². The number of carbonyl (C=O) groups is 2. The fraction of sp³-hybridized carbons (Fsp3) is 0.520. The Morgan fingerprint density at radius 1 is 1.13 bits per heavy atom. The number of hydrogen-bond acceptors (Lipinski definition) is 4. The zero-order chi connectivity index (χ0) is 22.1. The van der Waals surface area contributed by atoms with Crippen molar-refractivity contribution in [3.63, 3.8) is 0 Å². The molecule has 164 valence electrons. The molecule has 1 aliphatic carbocycles. The fourth-order valence-electron chi connectivity index (χ4n) is 3.42. The molecule has 1 N–H and O–H groups in total. The van der Waals surface area contributed by atoms with Crippen LogP contribution in [0.4, 0.5) is 4.79 Å². The molecule has 0 aromatic heterocycles. The van der Waals surface area contributed by atoms with Gasteiger partial charge in [0.2, 0.25) is 0 Å². The molecule has 2 rings (SSSR count). The number of rotatable bonds is 8. The van der Waals surface area contributed by atoms with Crippen molar-refractivity contribution >= 4 is 17.6 Å². The van der Waals surface area contributed by atoms with Crippen molar-refractivity contribution in [2.75, 3.05) is 6.61 Å². The van der Waals surface area contributed by atoms with Crippen molar-refractivity contribution in [1.82, 2.24) is 5.32 Å². The topological polar surface area (TPSA) is 64.6 Å². The van der Waals surface area contributed by atoms with Gasteiger partial charge in [0.25, 0.3) is 0 Å². The monoisotopic (exact) mass is 413 g/mol.